The summed E-state index contributed by atoms with van der Waals surface area (Å²) in [4.78, 5) is 12.6. The van der Waals surface area contributed by atoms with Gasteiger partial charge in [0.15, 0.2) is 11.5 Å². The van der Waals surface area contributed by atoms with Gasteiger partial charge < -0.3 is 10.4 Å². The van der Waals surface area contributed by atoms with Gasteiger partial charge in [-0.2, -0.15) is 0 Å². The summed E-state index contributed by atoms with van der Waals surface area (Å²) in [6.07, 6.45) is -0.963. The van der Waals surface area contributed by atoms with E-state index < -0.39 is 34.6 Å². The Labute approximate surface area is 155 Å². The number of amides is 1. The molecule has 0 unspecified atom stereocenters. The van der Waals surface area contributed by atoms with Crippen LogP contribution in [0, 0.1) is 17.1 Å². The molecule has 1 aromatic heterocycles. The summed E-state index contributed by atoms with van der Waals surface area (Å²) in [6.45, 7) is 0.477. The van der Waals surface area contributed by atoms with E-state index in [1.54, 1.807) is 6.07 Å². The van der Waals surface area contributed by atoms with E-state index in [0.29, 0.717) is 30.0 Å². The van der Waals surface area contributed by atoms with Crippen LogP contribution in [0.4, 0.5) is 15.0 Å². The molecule has 1 aromatic carbocycles. The zero-order valence-electron chi connectivity index (χ0n) is 14.0. The van der Waals surface area contributed by atoms with Crippen LogP contribution >= 0.6 is 0 Å². The van der Waals surface area contributed by atoms with Gasteiger partial charge in [-0.05, 0) is 45.9 Å². The number of amidine groups is 1. The van der Waals surface area contributed by atoms with Gasteiger partial charge in [-0.3, -0.25) is 14.5 Å². The van der Waals surface area contributed by atoms with Gasteiger partial charge in [-0.15, -0.1) is 0 Å². The van der Waals surface area contributed by atoms with Crippen LogP contribution in [0.1, 0.15) is 22.9 Å². The minimum Gasteiger partial charge on any atom is -0.465 e. The Bertz CT molecular complexity index is 941. The van der Waals surface area contributed by atoms with Crippen molar-refractivity contribution in [2.45, 2.75) is 12.5 Å². The summed E-state index contributed by atoms with van der Waals surface area (Å²) in [5.41, 5.74) is 1.34. The molecule has 1 atom stereocenters. The molecule has 2 aliphatic rings. The van der Waals surface area contributed by atoms with Gasteiger partial charge >= 0.3 is 6.09 Å². The molecule has 9 nitrogen and oxygen atoms in total. The Hall–Kier alpha value is -2.82. The SMILES string of the molecule is N=C(c1nonc1NCC1CS(=O)C1)N(C(=O)O)[C@H]1Cc2ccc(F)cc21. The topological polar surface area (TPSA) is 132 Å². The zero-order valence-corrected chi connectivity index (χ0v) is 14.8. The van der Waals surface area contributed by atoms with Crippen molar-refractivity contribution in [2.75, 3.05) is 23.4 Å². The summed E-state index contributed by atoms with van der Waals surface area (Å²) in [5.74, 6) is 0.708. The Balaban J connectivity index is 1.53. The molecule has 2 heterocycles. The van der Waals surface area contributed by atoms with E-state index >= 15 is 0 Å². The van der Waals surface area contributed by atoms with E-state index in [4.69, 9.17) is 5.41 Å². The van der Waals surface area contributed by atoms with E-state index in [1.807, 2.05) is 0 Å². The van der Waals surface area contributed by atoms with Crippen molar-refractivity contribution in [1.29, 1.82) is 5.41 Å². The summed E-state index contributed by atoms with van der Waals surface area (Å²) in [6, 6.07) is 3.55. The fourth-order valence-electron chi connectivity index (χ4n) is 3.27. The molecule has 0 spiro atoms. The van der Waals surface area contributed by atoms with Crippen molar-refractivity contribution in [2.24, 2.45) is 5.92 Å². The highest BCUT2D eigenvalue weighted by molar-refractivity contribution is 7.86. The lowest BCUT2D eigenvalue weighted by molar-refractivity contribution is 0.151. The number of benzene rings is 1. The van der Waals surface area contributed by atoms with Crippen LogP contribution in [0.2, 0.25) is 0 Å². The van der Waals surface area contributed by atoms with Crippen molar-refractivity contribution < 1.29 is 23.1 Å². The number of fused-ring (bicyclic) bond motifs is 1. The molecule has 1 fully saturated rings. The third kappa shape index (κ3) is 3.18. The van der Waals surface area contributed by atoms with Gasteiger partial charge in [0, 0.05) is 28.9 Å². The van der Waals surface area contributed by atoms with Crippen molar-refractivity contribution >= 4 is 28.5 Å². The summed E-state index contributed by atoms with van der Waals surface area (Å²) < 4.78 is 29.3. The number of nitrogens with zero attached hydrogens (tertiary/aromatic N) is 3. The molecule has 0 bridgehead atoms. The standard InChI is InChI=1S/C16H16FN5O4S/c17-10-2-1-9-3-12(11(9)4-10)22(16(23)24)14(18)13-15(21-26-20-13)19-5-8-6-27(25)7-8/h1-2,4,8,12,18H,3,5-7H2,(H,19,21)(H,23,24)/t8?,12-,27?/m0/s1. The third-order valence-corrected chi connectivity index (χ3v) is 6.44. The molecule has 11 heteroatoms. The molecule has 2 aromatic rings. The first-order chi connectivity index (χ1) is 12.9. The van der Waals surface area contributed by atoms with Crippen LogP contribution in [0.15, 0.2) is 22.8 Å². The largest absolute Gasteiger partial charge is 0.465 e. The molecule has 1 amide bonds. The second-order valence-electron chi connectivity index (χ2n) is 6.55. The number of rotatable bonds is 5. The van der Waals surface area contributed by atoms with Gasteiger partial charge in [0.05, 0.1) is 6.04 Å². The van der Waals surface area contributed by atoms with Gasteiger partial charge in [0.25, 0.3) is 0 Å². The highest BCUT2D eigenvalue weighted by Gasteiger charge is 2.39. The number of aromatic nitrogens is 2. The number of hydrogen-bond acceptors (Lipinski definition) is 7. The Morgan fingerprint density at radius 3 is 2.93 bits per heavy atom. The van der Waals surface area contributed by atoms with Gasteiger partial charge in [-0.1, -0.05) is 6.07 Å². The molecule has 27 heavy (non-hydrogen) atoms. The molecule has 1 aliphatic carbocycles. The molecule has 1 aliphatic heterocycles. The minimum atomic E-state index is -1.34. The smallest absolute Gasteiger partial charge is 0.413 e. The number of carbonyl (C=O) groups is 1. The molecule has 3 N–H and O–H groups in total. The van der Waals surface area contributed by atoms with Crippen molar-refractivity contribution in [3.8, 4) is 0 Å². The van der Waals surface area contributed by atoms with E-state index in [2.05, 4.69) is 20.3 Å². The normalized spacial score (nSPS) is 22.9. The Morgan fingerprint density at radius 1 is 1.44 bits per heavy atom. The Kier molecular flexibility index (Phi) is 4.38. The van der Waals surface area contributed by atoms with Crippen LogP contribution in [-0.4, -0.2) is 54.5 Å². The predicted octanol–water partition coefficient (Wildman–Crippen LogP) is 1.60. The number of nitrogens with one attached hydrogen (secondary N) is 2. The molecule has 4 rings (SSSR count). The Morgan fingerprint density at radius 2 is 2.22 bits per heavy atom. The maximum Gasteiger partial charge on any atom is 0.413 e. The average Bonchev–Trinajstić information content (AvgIpc) is 3.05. The maximum atomic E-state index is 13.5. The average molecular weight is 393 g/mol. The molecule has 0 saturated carbocycles. The van der Waals surface area contributed by atoms with Crippen LogP contribution in [0.25, 0.3) is 0 Å². The lowest BCUT2D eigenvalue weighted by Gasteiger charge is -2.37. The maximum absolute atomic E-state index is 13.5. The molecular weight excluding hydrogens is 377 g/mol. The molecular formula is C16H16FN5O4S. The van der Waals surface area contributed by atoms with E-state index in [-0.39, 0.29) is 17.4 Å². The lowest BCUT2D eigenvalue weighted by Crippen LogP contribution is -2.44. The number of halogens is 1. The lowest BCUT2D eigenvalue weighted by atomic mass is 9.82. The number of hydrogen-bond donors (Lipinski definition) is 3. The highest BCUT2D eigenvalue weighted by atomic mass is 32.2. The molecule has 0 radical (unpaired) electrons. The van der Waals surface area contributed by atoms with Gasteiger partial charge in [0.2, 0.25) is 5.82 Å². The first-order valence-corrected chi connectivity index (χ1v) is 9.73. The van der Waals surface area contributed by atoms with E-state index in [1.165, 1.54) is 12.1 Å². The fraction of sp³-hybridized carbons (Fsp3) is 0.375. The van der Waals surface area contributed by atoms with E-state index in [9.17, 15) is 18.5 Å². The van der Waals surface area contributed by atoms with Crippen molar-refractivity contribution in [3.05, 3.63) is 40.8 Å². The third-order valence-electron chi connectivity index (χ3n) is 4.75. The minimum absolute atomic E-state index is 0.0392. The van der Waals surface area contributed by atoms with Crippen LogP contribution < -0.4 is 5.32 Å². The first kappa shape index (κ1) is 17.6. The fourth-order valence-corrected chi connectivity index (χ4v) is 4.46. The second kappa shape index (κ2) is 6.72. The van der Waals surface area contributed by atoms with Gasteiger partial charge in [-0.25, -0.2) is 13.8 Å². The molecule has 142 valence electrons. The number of anilines is 1. The monoisotopic (exact) mass is 393 g/mol. The summed E-state index contributed by atoms with van der Waals surface area (Å²) in [7, 11) is -0.779. The summed E-state index contributed by atoms with van der Waals surface area (Å²) >= 11 is 0. The van der Waals surface area contributed by atoms with Crippen molar-refractivity contribution in [1.82, 2.24) is 15.2 Å². The van der Waals surface area contributed by atoms with Gasteiger partial charge in [0.1, 0.15) is 5.82 Å². The van der Waals surface area contributed by atoms with Crippen LogP contribution in [0.5, 0.6) is 0 Å². The first-order valence-electron chi connectivity index (χ1n) is 8.25. The second-order valence-corrected chi connectivity index (χ2v) is 8.09. The molecule has 1 saturated heterocycles. The zero-order chi connectivity index (χ0) is 19.1. The summed E-state index contributed by atoms with van der Waals surface area (Å²) in [5, 5.41) is 28.3. The number of carboxylic acid groups (broad SMARTS) is 1. The van der Waals surface area contributed by atoms with Crippen LogP contribution in [-0.2, 0) is 17.2 Å². The quantitative estimate of drug-likeness (QED) is 0.519. The van der Waals surface area contributed by atoms with Crippen LogP contribution in [0.3, 0.4) is 0 Å². The predicted molar refractivity (Wildman–Crippen MR) is 93.7 cm³/mol. The highest BCUT2D eigenvalue weighted by Crippen LogP contribution is 2.39. The van der Waals surface area contributed by atoms with Crippen molar-refractivity contribution in [3.63, 3.8) is 0 Å². The van der Waals surface area contributed by atoms with E-state index in [0.717, 1.165) is 10.5 Å².